The zero-order valence-electron chi connectivity index (χ0n) is 16.6. The van der Waals surface area contributed by atoms with Gasteiger partial charge in [0.05, 0.1) is 0 Å². The SMILES string of the molecule is Cc1cccc(NC(=O)C2CCC(C(=O)NCCCN(C)C)CC2)c1C. The average molecular weight is 360 g/mol. The largest absolute Gasteiger partial charge is 0.356 e. The van der Waals surface area contributed by atoms with Gasteiger partial charge >= 0.3 is 0 Å². The molecule has 0 spiro atoms. The maximum absolute atomic E-state index is 12.6. The van der Waals surface area contributed by atoms with Crippen molar-refractivity contribution in [2.24, 2.45) is 11.8 Å². The Morgan fingerprint density at radius 2 is 1.65 bits per heavy atom. The number of hydrogen-bond acceptors (Lipinski definition) is 3. The van der Waals surface area contributed by atoms with Crippen molar-refractivity contribution >= 4 is 17.5 Å². The van der Waals surface area contributed by atoms with E-state index in [1.807, 2.05) is 46.1 Å². The van der Waals surface area contributed by atoms with Gasteiger partial charge in [0.2, 0.25) is 11.8 Å². The van der Waals surface area contributed by atoms with E-state index in [9.17, 15) is 9.59 Å². The third-order valence-corrected chi connectivity index (χ3v) is 5.41. The molecule has 2 rings (SSSR count). The zero-order chi connectivity index (χ0) is 19.1. The predicted molar refractivity (Wildman–Crippen MR) is 106 cm³/mol. The van der Waals surface area contributed by atoms with E-state index in [0.717, 1.165) is 56.4 Å². The molecule has 2 N–H and O–H groups in total. The van der Waals surface area contributed by atoms with Crippen LogP contribution in [0.4, 0.5) is 5.69 Å². The number of benzene rings is 1. The van der Waals surface area contributed by atoms with Gasteiger partial charge in [0.15, 0.2) is 0 Å². The predicted octanol–water partition coefficient (Wildman–Crippen LogP) is 3.12. The molecule has 26 heavy (non-hydrogen) atoms. The normalized spacial score (nSPS) is 20.0. The lowest BCUT2D eigenvalue weighted by Gasteiger charge is -2.27. The van der Waals surface area contributed by atoms with Crippen molar-refractivity contribution in [3.8, 4) is 0 Å². The monoisotopic (exact) mass is 359 g/mol. The van der Waals surface area contributed by atoms with Crippen LogP contribution in [0.3, 0.4) is 0 Å². The summed E-state index contributed by atoms with van der Waals surface area (Å²) < 4.78 is 0. The number of nitrogens with one attached hydrogen (secondary N) is 2. The van der Waals surface area contributed by atoms with E-state index in [2.05, 4.69) is 15.5 Å². The number of amides is 2. The van der Waals surface area contributed by atoms with E-state index in [0.29, 0.717) is 0 Å². The summed E-state index contributed by atoms with van der Waals surface area (Å²) in [7, 11) is 4.07. The topological polar surface area (TPSA) is 61.4 Å². The minimum atomic E-state index is 0.00713. The first-order valence-corrected chi connectivity index (χ1v) is 9.68. The molecule has 1 aliphatic rings. The maximum Gasteiger partial charge on any atom is 0.227 e. The summed E-state index contributed by atoms with van der Waals surface area (Å²) in [5.74, 6) is 0.299. The zero-order valence-corrected chi connectivity index (χ0v) is 16.6. The molecule has 1 fully saturated rings. The fourth-order valence-corrected chi connectivity index (χ4v) is 3.49. The Kier molecular flexibility index (Phi) is 7.64. The van der Waals surface area contributed by atoms with Gasteiger partial charge in [-0.1, -0.05) is 12.1 Å². The molecule has 0 radical (unpaired) electrons. The van der Waals surface area contributed by atoms with Crippen molar-refractivity contribution in [2.45, 2.75) is 46.0 Å². The van der Waals surface area contributed by atoms with E-state index < -0.39 is 0 Å². The number of aryl methyl sites for hydroxylation is 1. The fraction of sp³-hybridized carbons (Fsp3) is 0.619. The highest BCUT2D eigenvalue weighted by Gasteiger charge is 2.30. The number of rotatable bonds is 7. The Labute approximate surface area is 157 Å². The first kappa shape index (κ1) is 20.4. The van der Waals surface area contributed by atoms with Crippen LogP contribution in [0, 0.1) is 25.7 Å². The summed E-state index contributed by atoms with van der Waals surface area (Å²) >= 11 is 0. The summed E-state index contributed by atoms with van der Waals surface area (Å²) in [5, 5.41) is 6.11. The highest BCUT2D eigenvalue weighted by molar-refractivity contribution is 5.93. The second-order valence-electron chi connectivity index (χ2n) is 7.73. The standard InChI is InChI=1S/C21H33N3O2/c1-15-7-5-8-19(16(15)2)23-21(26)18-11-9-17(10-12-18)20(25)22-13-6-14-24(3)4/h5,7-8,17-18H,6,9-14H2,1-4H3,(H,22,25)(H,23,26). The quantitative estimate of drug-likeness (QED) is 0.736. The average Bonchev–Trinajstić information content (AvgIpc) is 2.62. The molecular weight excluding hydrogens is 326 g/mol. The fourth-order valence-electron chi connectivity index (χ4n) is 3.49. The van der Waals surface area contributed by atoms with E-state index in [1.54, 1.807) is 0 Å². The summed E-state index contributed by atoms with van der Waals surface area (Å²) in [4.78, 5) is 27.0. The minimum Gasteiger partial charge on any atom is -0.356 e. The summed E-state index contributed by atoms with van der Waals surface area (Å²) in [6.45, 7) is 5.78. The highest BCUT2D eigenvalue weighted by Crippen LogP contribution is 2.30. The van der Waals surface area contributed by atoms with Crippen LogP contribution in [-0.2, 0) is 9.59 Å². The van der Waals surface area contributed by atoms with E-state index >= 15 is 0 Å². The molecule has 0 unspecified atom stereocenters. The molecule has 144 valence electrons. The molecule has 0 atom stereocenters. The highest BCUT2D eigenvalue weighted by atomic mass is 16.2. The van der Waals surface area contributed by atoms with Crippen LogP contribution in [0.2, 0.25) is 0 Å². The second kappa shape index (κ2) is 9.72. The molecule has 0 saturated heterocycles. The van der Waals surface area contributed by atoms with E-state index in [-0.39, 0.29) is 23.7 Å². The van der Waals surface area contributed by atoms with Gasteiger partial charge in [-0.25, -0.2) is 0 Å². The molecule has 2 amide bonds. The third-order valence-electron chi connectivity index (χ3n) is 5.41. The first-order valence-electron chi connectivity index (χ1n) is 9.68. The van der Waals surface area contributed by atoms with Crippen molar-refractivity contribution in [2.75, 3.05) is 32.5 Å². The van der Waals surface area contributed by atoms with E-state index in [4.69, 9.17) is 0 Å². The number of anilines is 1. The first-order chi connectivity index (χ1) is 12.4. The molecule has 1 aromatic rings. The van der Waals surface area contributed by atoms with Crippen LogP contribution in [-0.4, -0.2) is 43.9 Å². The number of hydrogen-bond donors (Lipinski definition) is 2. The molecule has 0 bridgehead atoms. The molecule has 0 heterocycles. The second-order valence-corrected chi connectivity index (χ2v) is 7.73. The van der Waals surface area contributed by atoms with Crippen molar-refractivity contribution in [1.82, 2.24) is 10.2 Å². The summed E-state index contributed by atoms with van der Waals surface area (Å²) in [6, 6.07) is 5.97. The van der Waals surface area contributed by atoms with Gasteiger partial charge < -0.3 is 15.5 Å². The van der Waals surface area contributed by atoms with Gasteiger partial charge in [-0.2, -0.15) is 0 Å². The molecule has 1 aliphatic carbocycles. The van der Waals surface area contributed by atoms with Crippen LogP contribution in [0.15, 0.2) is 18.2 Å². The molecule has 1 saturated carbocycles. The number of carbonyl (C=O) groups is 2. The molecule has 1 aromatic carbocycles. The third kappa shape index (κ3) is 5.84. The minimum absolute atomic E-state index is 0.00713. The van der Waals surface area contributed by atoms with Gasteiger partial charge in [-0.15, -0.1) is 0 Å². The summed E-state index contributed by atoms with van der Waals surface area (Å²) in [5.41, 5.74) is 3.19. The Morgan fingerprint density at radius 1 is 1.04 bits per heavy atom. The van der Waals surface area contributed by atoms with Crippen LogP contribution in [0.25, 0.3) is 0 Å². The van der Waals surface area contributed by atoms with Gasteiger partial charge in [0.1, 0.15) is 0 Å². The van der Waals surface area contributed by atoms with Gasteiger partial charge in [0, 0.05) is 24.1 Å². The Bertz CT molecular complexity index is 620. The molecular formula is C21H33N3O2. The lowest BCUT2D eigenvalue weighted by Crippen LogP contribution is -2.36. The number of nitrogens with zero attached hydrogens (tertiary/aromatic N) is 1. The van der Waals surface area contributed by atoms with Crippen LogP contribution >= 0.6 is 0 Å². The lowest BCUT2D eigenvalue weighted by molar-refractivity contribution is -0.128. The lowest BCUT2D eigenvalue weighted by atomic mass is 9.81. The van der Waals surface area contributed by atoms with Crippen molar-refractivity contribution in [3.63, 3.8) is 0 Å². The van der Waals surface area contributed by atoms with Gasteiger partial charge in [0.25, 0.3) is 0 Å². The maximum atomic E-state index is 12.6. The Balaban J connectivity index is 1.76. The van der Waals surface area contributed by atoms with Crippen molar-refractivity contribution in [3.05, 3.63) is 29.3 Å². The van der Waals surface area contributed by atoms with Crippen LogP contribution in [0.5, 0.6) is 0 Å². The van der Waals surface area contributed by atoms with Crippen LogP contribution in [0.1, 0.15) is 43.2 Å². The Morgan fingerprint density at radius 3 is 2.27 bits per heavy atom. The molecule has 0 aliphatic heterocycles. The molecule has 5 heteroatoms. The van der Waals surface area contributed by atoms with Gasteiger partial charge in [-0.05, 0) is 83.8 Å². The number of carbonyl (C=O) groups excluding carboxylic acids is 2. The van der Waals surface area contributed by atoms with Crippen LogP contribution < -0.4 is 10.6 Å². The van der Waals surface area contributed by atoms with E-state index in [1.165, 1.54) is 5.56 Å². The smallest absolute Gasteiger partial charge is 0.227 e. The molecule has 5 nitrogen and oxygen atoms in total. The van der Waals surface area contributed by atoms with Crippen molar-refractivity contribution in [1.29, 1.82) is 0 Å². The van der Waals surface area contributed by atoms with Crippen molar-refractivity contribution < 1.29 is 9.59 Å². The molecule has 0 aromatic heterocycles. The summed E-state index contributed by atoms with van der Waals surface area (Å²) in [6.07, 6.45) is 4.13. The van der Waals surface area contributed by atoms with Gasteiger partial charge in [-0.3, -0.25) is 9.59 Å². The Hall–Kier alpha value is -1.88.